The second-order valence-electron chi connectivity index (χ2n) is 4.68. The van der Waals surface area contributed by atoms with E-state index < -0.39 is 17.7 Å². The summed E-state index contributed by atoms with van der Waals surface area (Å²) in [6, 6.07) is 11.1. The first-order valence-electron chi connectivity index (χ1n) is 6.37. The van der Waals surface area contributed by atoms with Crippen LogP contribution in [0.4, 0.5) is 14.5 Å². The molecule has 0 aromatic heterocycles. The Morgan fingerprint density at radius 3 is 2.67 bits per heavy atom. The van der Waals surface area contributed by atoms with Crippen LogP contribution in [0.3, 0.4) is 0 Å². The van der Waals surface area contributed by atoms with Gasteiger partial charge in [0.25, 0.3) is 0 Å². The lowest BCUT2D eigenvalue weighted by atomic mass is 10.0. The maximum absolute atomic E-state index is 14.1. The third-order valence-corrected chi connectivity index (χ3v) is 4.11. The van der Waals surface area contributed by atoms with E-state index in [4.69, 9.17) is 5.73 Å². The van der Waals surface area contributed by atoms with Gasteiger partial charge in [-0.15, -0.1) is 0 Å². The van der Waals surface area contributed by atoms with Crippen molar-refractivity contribution in [3.8, 4) is 0 Å². The van der Waals surface area contributed by atoms with Gasteiger partial charge in [-0.05, 0) is 34.1 Å². The molecule has 0 radical (unpaired) electrons. The number of benzene rings is 2. The predicted molar refractivity (Wildman–Crippen MR) is 82.2 cm³/mol. The van der Waals surface area contributed by atoms with Crippen LogP contribution in [0, 0.1) is 11.6 Å². The summed E-state index contributed by atoms with van der Waals surface area (Å²) in [5.41, 5.74) is 6.95. The standard InChI is InChI=1S/C15H12BrF2N3/c16-10-5-1-2-7-12(10)21-13(8-20-15(21)19)9-4-3-6-11(17)14(9)18/h1-7,13H,8H2,(H2,19,20). The molecule has 3 nitrogen and oxygen atoms in total. The van der Waals surface area contributed by atoms with Gasteiger partial charge in [0.05, 0.1) is 18.3 Å². The SMILES string of the molecule is NC1=NCC(c2cccc(F)c2F)N1c1ccccc1Br. The molecule has 2 aromatic carbocycles. The number of hydrogen-bond acceptors (Lipinski definition) is 3. The van der Waals surface area contributed by atoms with Gasteiger partial charge < -0.3 is 10.6 Å². The number of aliphatic imine (C=N–C) groups is 1. The van der Waals surface area contributed by atoms with Crippen LogP contribution in [0.25, 0.3) is 0 Å². The fraction of sp³-hybridized carbons (Fsp3) is 0.133. The molecule has 1 aliphatic rings. The van der Waals surface area contributed by atoms with Crippen LogP contribution in [0.5, 0.6) is 0 Å². The lowest BCUT2D eigenvalue weighted by Gasteiger charge is -2.27. The molecule has 6 heteroatoms. The van der Waals surface area contributed by atoms with E-state index in [2.05, 4.69) is 20.9 Å². The fourth-order valence-corrected chi connectivity index (χ4v) is 2.93. The number of nitrogens with two attached hydrogens (primary N) is 1. The van der Waals surface area contributed by atoms with E-state index in [9.17, 15) is 8.78 Å². The Morgan fingerprint density at radius 1 is 1.14 bits per heavy atom. The Balaban J connectivity index is 2.08. The Kier molecular flexibility index (Phi) is 3.63. The second kappa shape index (κ2) is 5.44. The highest BCUT2D eigenvalue weighted by Crippen LogP contribution is 2.36. The number of nitrogens with zero attached hydrogens (tertiary/aromatic N) is 2. The van der Waals surface area contributed by atoms with Crippen LogP contribution in [0.15, 0.2) is 51.9 Å². The maximum Gasteiger partial charge on any atom is 0.196 e. The second-order valence-corrected chi connectivity index (χ2v) is 5.53. The summed E-state index contributed by atoms with van der Waals surface area (Å²) < 4.78 is 28.3. The molecule has 1 atom stereocenters. The van der Waals surface area contributed by atoms with Crippen molar-refractivity contribution in [2.24, 2.45) is 10.7 Å². The quantitative estimate of drug-likeness (QED) is 0.897. The number of anilines is 1. The minimum absolute atomic E-state index is 0.245. The summed E-state index contributed by atoms with van der Waals surface area (Å²) in [7, 11) is 0. The molecule has 0 bridgehead atoms. The molecule has 3 rings (SSSR count). The molecule has 2 N–H and O–H groups in total. The summed E-state index contributed by atoms with van der Waals surface area (Å²) in [4.78, 5) is 5.88. The molecule has 1 aliphatic heterocycles. The van der Waals surface area contributed by atoms with Crippen molar-refractivity contribution in [3.63, 3.8) is 0 Å². The highest BCUT2D eigenvalue weighted by Gasteiger charge is 2.32. The van der Waals surface area contributed by atoms with Gasteiger partial charge in [-0.25, -0.2) is 8.78 Å². The summed E-state index contributed by atoms with van der Waals surface area (Å²) in [6.45, 7) is 0.285. The first-order chi connectivity index (χ1) is 10.1. The minimum atomic E-state index is -0.870. The van der Waals surface area contributed by atoms with E-state index in [1.807, 2.05) is 24.3 Å². The molecule has 0 saturated carbocycles. The molecular weight excluding hydrogens is 340 g/mol. The lowest BCUT2D eigenvalue weighted by molar-refractivity contribution is 0.491. The Labute approximate surface area is 129 Å². The van der Waals surface area contributed by atoms with E-state index in [0.717, 1.165) is 16.2 Å². The lowest BCUT2D eigenvalue weighted by Crippen LogP contribution is -2.36. The Morgan fingerprint density at radius 2 is 1.90 bits per heavy atom. The first-order valence-corrected chi connectivity index (χ1v) is 7.16. The highest BCUT2D eigenvalue weighted by atomic mass is 79.9. The molecule has 0 aliphatic carbocycles. The zero-order valence-corrected chi connectivity index (χ0v) is 12.5. The Hall–Kier alpha value is -1.95. The number of rotatable bonds is 2. The summed E-state index contributed by atoms with van der Waals surface area (Å²) in [5, 5.41) is 0. The van der Waals surface area contributed by atoms with Crippen molar-refractivity contribution >= 4 is 27.6 Å². The van der Waals surface area contributed by atoms with E-state index in [1.165, 1.54) is 6.07 Å². The molecule has 2 aromatic rings. The van der Waals surface area contributed by atoms with Gasteiger partial charge in [-0.3, -0.25) is 4.99 Å². The van der Waals surface area contributed by atoms with Gasteiger partial charge in [-0.2, -0.15) is 0 Å². The number of hydrogen-bond donors (Lipinski definition) is 1. The largest absolute Gasteiger partial charge is 0.369 e. The Bertz CT molecular complexity index is 718. The van der Waals surface area contributed by atoms with Gasteiger partial charge in [-0.1, -0.05) is 24.3 Å². The van der Waals surface area contributed by atoms with Crippen molar-refractivity contribution in [1.82, 2.24) is 0 Å². The summed E-state index contributed by atoms with van der Waals surface area (Å²) in [6.07, 6.45) is 0. The summed E-state index contributed by atoms with van der Waals surface area (Å²) in [5.74, 6) is -1.44. The van der Waals surface area contributed by atoms with E-state index in [1.54, 1.807) is 11.0 Å². The van der Waals surface area contributed by atoms with Gasteiger partial charge in [0.2, 0.25) is 0 Å². The van der Waals surface area contributed by atoms with Gasteiger partial charge in [0.15, 0.2) is 17.6 Å². The van der Waals surface area contributed by atoms with Gasteiger partial charge >= 0.3 is 0 Å². The molecule has 0 saturated heterocycles. The van der Waals surface area contributed by atoms with E-state index >= 15 is 0 Å². The summed E-state index contributed by atoms with van der Waals surface area (Å²) >= 11 is 3.45. The zero-order chi connectivity index (χ0) is 15.0. The number of para-hydroxylation sites is 1. The van der Waals surface area contributed by atoms with Crippen LogP contribution in [-0.4, -0.2) is 12.5 Å². The van der Waals surface area contributed by atoms with Crippen LogP contribution in [0.1, 0.15) is 11.6 Å². The monoisotopic (exact) mass is 351 g/mol. The zero-order valence-electron chi connectivity index (χ0n) is 10.9. The molecule has 0 spiro atoms. The van der Waals surface area contributed by atoms with Crippen molar-refractivity contribution in [3.05, 3.63) is 64.1 Å². The van der Waals surface area contributed by atoms with Crippen LogP contribution in [0.2, 0.25) is 0 Å². The molecule has 1 unspecified atom stereocenters. The molecular formula is C15H12BrF2N3. The van der Waals surface area contributed by atoms with Crippen LogP contribution in [-0.2, 0) is 0 Å². The van der Waals surface area contributed by atoms with E-state index in [-0.39, 0.29) is 18.1 Å². The van der Waals surface area contributed by atoms with Gasteiger partial charge in [0, 0.05) is 10.0 Å². The average molecular weight is 352 g/mol. The normalized spacial score (nSPS) is 18.0. The minimum Gasteiger partial charge on any atom is -0.369 e. The van der Waals surface area contributed by atoms with E-state index in [0.29, 0.717) is 0 Å². The topological polar surface area (TPSA) is 41.6 Å². The first kappa shape index (κ1) is 14.0. The maximum atomic E-state index is 14.1. The molecule has 21 heavy (non-hydrogen) atoms. The van der Waals surface area contributed by atoms with Gasteiger partial charge in [0.1, 0.15) is 0 Å². The molecule has 108 valence electrons. The van der Waals surface area contributed by atoms with Crippen molar-refractivity contribution in [2.45, 2.75) is 6.04 Å². The predicted octanol–water partition coefficient (Wildman–Crippen LogP) is 3.60. The van der Waals surface area contributed by atoms with Crippen LogP contribution < -0.4 is 10.6 Å². The number of guanidine groups is 1. The smallest absolute Gasteiger partial charge is 0.196 e. The van der Waals surface area contributed by atoms with Crippen molar-refractivity contribution in [2.75, 3.05) is 11.4 Å². The highest BCUT2D eigenvalue weighted by molar-refractivity contribution is 9.10. The molecule has 0 fully saturated rings. The third kappa shape index (κ3) is 2.40. The van der Waals surface area contributed by atoms with Crippen molar-refractivity contribution < 1.29 is 8.78 Å². The van der Waals surface area contributed by atoms with Crippen LogP contribution >= 0.6 is 15.9 Å². The molecule has 0 amide bonds. The third-order valence-electron chi connectivity index (χ3n) is 3.44. The van der Waals surface area contributed by atoms with Crippen molar-refractivity contribution in [1.29, 1.82) is 0 Å². The molecule has 1 heterocycles. The fourth-order valence-electron chi connectivity index (χ4n) is 2.45. The average Bonchev–Trinajstić information content (AvgIpc) is 2.84. The number of halogens is 3.